The lowest BCUT2D eigenvalue weighted by Gasteiger charge is -2.06. The van der Waals surface area contributed by atoms with Gasteiger partial charge in [-0.2, -0.15) is 0 Å². The molecule has 0 bridgehead atoms. The van der Waals surface area contributed by atoms with E-state index in [4.69, 9.17) is 9.56 Å². The van der Waals surface area contributed by atoms with Crippen LogP contribution in [0.3, 0.4) is 0 Å². The molecule has 1 aromatic rings. The summed E-state index contributed by atoms with van der Waals surface area (Å²) in [4.78, 5) is 0. The van der Waals surface area contributed by atoms with Gasteiger partial charge in [-0.3, -0.25) is 0 Å². The third kappa shape index (κ3) is 2.10. The van der Waals surface area contributed by atoms with E-state index in [0.29, 0.717) is 17.1 Å². The number of hydrogen-bond acceptors (Lipinski definition) is 3. The van der Waals surface area contributed by atoms with Crippen LogP contribution in [0.2, 0.25) is 0 Å². The molecule has 1 rings (SSSR count). The van der Waals surface area contributed by atoms with Gasteiger partial charge < -0.3 is 4.42 Å². The van der Waals surface area contributed by atoms with Crippen molar-refractivity contribution in [3.8, 4) is 0 Å². The van der Waals surface area contributed by atoms with Gasteiger partial charge in [0.2, 0.25) is 10.0 Å². The van der Waals surface area contributed by atoms with E-state index in [2.05, 4.69) is 0 Å². The van der Waals surface area contributed by atoms with Gasteiger partial charge in [0.05, 0.1) is 0 Å². The molecule has 1 heterocycles. The molecule has 1 atom stereocenters. The zero-order chi connectivity index (χ0) is 10.2. The Morgan fingerprint density at radius 2 is 2.00 bits per heavy atom. The Balaban J connectivity index is 3.16. The molecular weight excluding hydrogens is 190 g/mol. The number of primary sulfonamides is 1. The van der Waals surface area contributed by atoms with Crippen molar-refractivity contribution in [3.05, 3.63) is 23.2 Å². The van der Waals surface area contributed by atoms with Crippen molar-refractivity contribution < 1.29 is 12.8 Å². The standard InChI is InChI=1S/C8H13NO3S/c1-5-4-8(6(2)12-5)7(3)13(9,10)11/h4,7H,1-3H3,(H2,9,10,11). The molecule has 74 valence electrons. The van der Waals surface area contributed by atoms with Gasteiger partial charge in [-0.1, -0.05) is 0 Å². The second-order valence-electron chi connectivity index (χ2n) is 3.10. The lowest BCUT2D eigenvalue weighted by atomic mass is 10.2. The molecule has 1 unspecified atom stereocenters. The summed E-state index contributed by atoms with van der Waals surface area (Å²) in [5.74, 6) is 1.31. The SMILES string of the molecule is Cc1cc(C(C)S(N)(=O)=O)c(C)o1. The number of aryl methyl sites for hydroxylation is 2. The van der Waals surface area contributed by atoms with Crippen LogP contribution in [0.4, 0.5) is 0 Å². The summed E-state index contributed by atoms with van der Waals surface area (Å²) in [6.45, 7) is 5.04. The Morgan fingerprint density at radius 3 is 2.31 bits per heavy atom. The highest BCUT2D eigenvalue weighted by molar-refractivity contribution is 7.89. The van der Waals surface area contributed by atoms with Gasteiger partial charge in [0.25, 0.3) is 0 Å². The van der Waals surface area contributed by atoms with Crippen LogP contribution in [0.25, 0.3) is 0 Å². The topological polar surface area (TPSA) is 73.3 Å². The highest BCUT2D eigenvalue weighted by atomic mass is 32.2. The van der Waals surface area contributed by atoms with E-state index in [1.54, 1.807) is 26.8 Å². The molecule has 0 aliphatic rings. The Kier molecular flexibility index (Phi) is 2.49. The molecule has 1 aromatic heterocycles. The second kappa shape index (κ2) is 3.16. The molecule has 2 N–H and O–H groups in total. The number of sulfonamides is 1. The predicted octanol–water partition coefficient (Wildman–Crippen LogP) is 1.25. The van der Waals surface area contributed by atoms with Crippen LogP contribution >= 0.6 is 0 Å². The maximum atomic E-state index is 11.0. The summed E-state index contributed by atoms with van der Waals surface area (Å²) in [6, 6.07) is 1.70. The zero-order valence-corrected chi connectivity index (χ0v) is 8.68. The molecule has 0 amide bonds. The fraction of sp³-hybridized carbons (Fsp3) is 0.500. The normalized spacial score (nSPS) is 14.5. The minimum atomic E-state index is -3.53. The number of furan rings is 1. The maximum Gasteiger partial charge on any atom is 0.216 e. The van der Waals surface area contributed by atoms with Gasteiger partial charge in [0.1, 0.15) is 16.8 Å². The Bertz CT molecular complexity index is 405. The summed E-state index contributed by atoms with van der Waals surface area (Å²) >= 11 is 0. The zero-order valence-electron chi connectivity index (χ0n) is 7.87. The molecule has 0 radical (unpaired) electrons. The quantitative estimate of drug-likeness (QED) is 0.786. The van der Waals surface area contributed by atoms with Crippen LogP contribution in [0, 0.1) is 13.8 Å². The van der Waals surface area contributed by atoms with Gasteiger partial charge in [-0.15, -0.1) is 0 Å². The minimum Gasteiger partial charge on any atom is -0.466 e. The minimum absolute atomic E-state index is 0.610. The third-order valence-corrected chi connectivity index (χ3v) is 3.25. The van der Waals surface area contributed by atoms with Crippen molar-refractivity contribution in [1.29, 1.82) is 0 Å². The van der Waals surface area contributed by atoms with E-state index >= 15 is 0 Å². The van der Waals surface area contributed by atoms with Crippen LogP contribution in [0.5, 0.6) is 0 Å². The largest absolute Gasteiger partial charge is 0.466 e. The highest BCUT2D eigenvalue weighted by Crippen LogP contribution is 2.25. The van der Waals surface area contributed by atoms with E-state index in [0.717, 1.165) is 0 Å². The Morgan fingerprint density at radius 1 is 1.46 bits per heavy atom. The number of rotatable bonds is 2. The van der Waals surface area contributed by atoms with Crippen molar-refractivity contribution in [2.45, 2.75) is 26.0 Å². The monoisotopic (exact) mass is 203 g/mol. The first-order valence-corrected chi connectivity index (χ1v) is 5.52. The lowest BCUT2D eigenvalue weighted by Crippen LogP contribution is -2.19. The molecule has 0 saturated heterocycles. The van der Waals surface area contributed by atoms with Crippen molar-refractivity contribution in [1.82, 2.24) is 0 Å². The molecule has 0 saturated carbocycles. The summed E-state index contributed by atoms with van der Waals surface area (Å²) < 4.78 is 27.3. The predicted molar refractivity (Wildman–Crippen MR) is 49.7 cm³/mol. The van der Waals surface area contributed by atoms with E-state index in [9.17, 15) is 8.42 Å². The number of nitrogens with two attached hydrogens (primary N) is 1. The van der Waals surface area contributed by atoms with Crippen LogP contribution < -0.4 is 5.14 Å². The van der Waals surface area contributed by atoms with Gasteiger partial charge in [-0.25, -0.2) is 13.6 Å². The molecule has 0 spiro atoms. The van der Waals surface area contributed by atoms with Crippen molar-refractivity contribution >= 4 is 10.0 Å². The van der Waals surface area contributed by atoms with E-state index in [1.807, 2.05) is 0 Å². The average Bonchev–Trinajstić information content (AvgIpc) is 2.26. The summed E-state index contributed by atoms with van der Waals surface area (Å²) in [5.41, 5.74) is 0.639. The van der Waals surface area contributed by atoms with Crippen LogP contribution in [-0.2, 0) is 10.0 Å². The summed E-state index contributed by atoms with van der Waals surface area (Å²) in [5, 5.41) is 4.32. The van der Waals surface area contributed by atoms with Crippen molar-refractivity contribution in [2.75, 3.05) is 0 Å². The smallest absolute Gasteiger partial charge is 0.216 e. The van der Waals surface area contributed by atoms with Gasteiger partial charge in [0.15, 0.2) is 0 Å². The van der Waals surface area contributed by atoms with Gasteiger partial charge in [0, 0.05) is 5.56 Å². The molecule has 0 fully saturated rings. The summed E-state index contributed by atoms with van der Waals surface area (Å²) in [7, 11) is -3.53. The molecule has 13 heavy (non-hydrogen) atoms. The van der Waals surface area contributed by atoms with E-state index < -0.39 is 15.3 Å². The Hall–Kier alpha value is -0.810. The van der Waals surface area contributed by atoms with Crippen molar-refractivity contribution in [2.24, 2.45) is 5.14 Å². The first-order valence-electron chi connectivity index (χ1n) is 3.91. The van der Waals surface area contributed by atoms with Crippen molar-refractivity contribution in [3.63, 3.8) is 0 Å². The molecule has 4 nitrogen and oxygen atoms in total. The molecule has 5 heteroatoms. The molecular formula is C8H13NO3S. The molecule has 0 aromatic carbocycles. The van der Waals surface area contributed by atoms with Crippen LogP contribution in [0.15, 0.2) is 10.5 Å². The summed E-state index contributed by atoms with van der Waals surface area (Å²) in [6.07, 6.45) is 0. The fourth-order valence-corrected chi connectivity index (χ4v) is 1.82. The van der Waals surface area contributed by atoms with Gasteiger partial charge >= 0.3 is 0 Å². The maximum absolute atomic E-state index is 11.0. The van der Waals surface area contributed by atoms with Crippen LogP contribution in [0.1, 0.15) is 29.3 Å². The lowest BCUT2D eigenvalue weighted by molar-refractivity contribution is 0.500. The second-order valence-corrected chi connectivity index (χ2v) is 4.98. The van der Waals surface area contributed by atoms with Crippen LogP contribution in [-0.4, -0.2) is 8.42 Å². The number of hydrogen-bond donors (Lipinski definition) is 1. The molecule has 0 aliphatic carbocycles. The third-order valence-electron chi connectivity index (χ3n) is 2.01. The van der Waals surface area contributed by atoms with E-state index in [1.165, 1.54) is 0 Å². The molecule has 0 aliphatic heterocycles. The highest BCUT2D eigenvalue weighted by Gasteiger charge is 2.22. The van der Waals surface area contributed by atoms with Gasteiger partial charge in [-0.05, 0) is 26.8 Å². The first-order chi connectivity index (χ1) is 5.82. The first kappa shape index (κ1) is 10.3. The average molecular weight is 203 g/mol. The fourth-order valence-electron chi connectivity index (χ4n) is 1.23. The van der Waals surface area contributed by atoms with E-state index in [-0.39, 0.29) is 0 Å². The Labute approximate surface area is 77.8 Å².